The third kappa shape index (κ3) is 34.2. The smallest absolute Gasteiger partial charge is 0.173 e. The average Bonchev–Trinajstić information content (AvgIpc) is 3.95. The van der Waals surface area contributed by atoms with Crippen molar-refractivity contribution in [3.63, 3.8) is 0 Å². The number of β-amino-alcohol motifs (C(OH)–C–C–N with tert-alkyl or cyclic N) is 3. The molecule has 0 amide bonds. The summed E-state index contributed by atoms with van der Waals surface area (Å²) in [7, 11) is -8.20. The highest BCUT2D eigenvalue weighted by Crippen LogP contribution is 2.28. The number of nitrogens with one attached hydrogen (secondary N) is 1. The van der Waals surface area contributed by atoms with Crippen LogP contribution in [0.2, 0.25) is 128 Å². The summed E-state index contributed by atoms with van der Waals surface area (Å²) in [5, 5.41) is 31.1. The van der Waals surface area contributed by atoms with Crippen LogP contribution in [0, 0.1) is 0 Å². The van der Waals surface area contributed by atoms with Crippen molar-refractivity contribution in [1.82, 2.24) is 20.0 Å². The first kappa shape index (κ1) is 58.8. The van der Waals surface area contributed by atoms with Gasteiger partial charge in [-0.2, -0.15) is 0 Å². The lowest BCUT2D eigenvalue weighted by Crippen LogP contribution is -2.49. The largest absolute Gasteiger partial charge is 0.456 e. The second-order valence-electron chi connectivity index (χ2n) is 22.5. The zero-order chi connectivity index (χ0) is 45.5. The van der Waals surface area contributed by atoms with Crippen LogP contribution in [0.3, 0.4) is 0 Å². The molecule has 360 valence electrons. The van der Waals surface area contributed by atoms with Crippen molar-refractivity contribution in [3.8, 4) is 0 Å². The van der Waals surface area contributed by atoms with Crippen molar-refractivity contribution in [3.05, 3.63) is 0 Å². The zero-order valence-electron chi connectivity index (χ0n) is 41.8. The number of ether oxygens (including phenoxy) is 3. The quantitative estimate of drug-likeness (QED) is 0.0385. The number of rotatable bonds is 28. The van der Waals surface area contributed by atoms with Gasteiger partial charge in [-0.3, -0.25) is 14.7 Å². The first-order valence-electron chi connectivity index (χ1n) is 23.7. The molecule has 2 unspecified atom stereocenters. The fraction of sp³-hybridized carbons (Fsp3) is 1.00. The second kappa shape index (κ2) is 29.5. The van der Waals surface area contributed by atoms with E-state index in [9.17, 15) is 5.11 Å². The summed E-state index contributed by atoms with van der Waals surface area (Å²) < 4.78 is 30.0. The van der Waals surface area contributed by atoms with E-state index in [1.54, 1.807) is 0 Å². The lowest BCUT2D eigenvalue weighted by atomic mass is 10.2. The van der Waals surface area contributed by atoms with Gasteiger partial charge in [0.2, 0.25) is 0 Å². The number of epoxide rings is 1. The van der Waals surface area contributed by atoms with Gasteiger partial charge in [0, 0.05) is 101 Å². The number of aliphatic hydroxyl groups excluding tert-OH is 3. The molecule has 3 aliphatic heterocycles. The lowest BCUT2D eigenvalue weighted by molar-refractivity contribution is 0.00617. The predicted molar refractivity (Wildman–Crippen MR) is 271 cm³/mol. The highest BCUT2D eigenvalue weighted by atomic mass is 28.4. The monoisotopic (exact) mass is 957 g/mol. The number of aliphatic hydroxyl groups is 3. The Balaban J connectivity index is 0.000000514. The SMILES string of the molecule is C[Si](C)(C)CC[Si](C)(C)O[Si](C)(C)CCCOCC(O)CN1CCN(CCO)CC1.C[Si](C)(C)CC[Si](C)(C)O[Si](C)(C)CCCOCC1CO1.OCCN1CCNCC1. The van der Waals surface area contributed by atoms with Crippen molar-refractivity contribution < 1.29 is 37.8 Å². The number of nitrogens with zero attached hydrogens (tertiary/aromatic N) is 3. The van der Waals surface area contributed by atoms with Crippen LogP contribution in [-0.4, -0.2) is 210 Å². The van der Waals surface area contributed by atoms with E-state index in [2.05, 4.69) is 112 Å². The van der Waals surface area contributed by atoms with E-state index in [1.807, 2.05) is 0 Å². The van der Waals surface area contributed by atoms with E-state index in [0.29, 0.717) is 32.5 Å². The van der Waals surface area contributed by atoms with Crippen LogP contribution in [0.5, 0.6) is 0 Å². The van der Waals surface area contributed by atoms with Crippen molar-refractivity contribution in [2.45, 2.75) is 153 Å². The first-order valence-corrected chi connectivity index (χ1v) is 43.6. The van der Waals surface area contributed by atoms with E-state index >= 15 is 0 Å². The van der Waals surface area contributed by atoms with Crippen molar-refractivity contribution in [1.29, 1.82) is 0 Å². The molecule has 3 heterocycles. The minimum Gasteiger partial charge on any atom is -0.456 e. The molecule has 60 heavy (non-hydrogen) atoms. The van der Waals surface area contributed by atoms with Crippen LogP contribution < -0.4 is 5.32 Å². The molecule has 18 heteroatoms. The Labute approximate surface area is 376 Å². The van der Waals surface area contributed by atoms with Crippen LogP contribution in [-0.2, 0) is 22.4 Å². The van der Waals surface area contributed by atoms with Gasteiger partial charge in [0.1, 0.15) is 6.10 Å². The van der Waals surface area contributed by atoms with Gasteiger partial charge in [0.25, 0.3) is 0 Å². The van der Waals surface area contributed by atoms with Crippen LogP contribution >= 0.6 is 0 Å². The predicted octanol–water partition coefficient (Wildman–Crippen LogP) is 6.57. The molecule has 0 radical (unpaired) electrons. The molecule has 3 rings (SSSR count). The van der Waals surface area contributed by atoms with Gasteiger partial charge in [-0.25, -0.2) is 0 Å². The fourth-order valence-electron chi connectivity index (χ4n) is 7.61. The molecule has 0 saturated carbocycles. The molecule has 0 aromatic rings. The Morgan fingerprint density at radius 3 is 1.38 bits per heavy atom. The molecule has 0 bridgehead atoms. The Kier molecular flexibility index (Phi) is 28.9. The molecule has 3 fully saturated rings. The normalized spacial score (nSPS) is 19.6. The van der Waals surface area contributed by atoms with Crippen LogP contribution in [0.15, 0.2) is 0 Å². The molecule has 0 spiro atoms. The van der Waals surface area contributed by atoms with Gasteiger partial charge in [0.15, 0.2) is 33.3 Å². The molecule has 0 aliphatic carbocycles. The Morgan fingerprint density at radius 2 is 0.967 bits per heavy atom. The Morgan fingerprint density at radius 1 is 0.567 bits per heavy atom. The summed E-state index contributed by atoms with van der Waals surface area (Å²) in [6.07, 6.45) is 2.11. The Hall–Kier alpha value is 0.821. The topological polar surface area (TPSA) is 132 Å². The third-order valence-electron chi connectivity index (χ3n) is 11.2. The van der Waals surface area contributed by atoms with Crippen LogP contribution in [0.25, 0.3) is 0 Å². The van der Waals surface area contributed by atoms with Gasteiger partial charge in [-0.1, -0.05) is 51.4 Å². The van der Waals surface area contributed by atoms with Gasteiger partial charge < -0.3 is 43.1 Å². The minimum atomic E-state index is -1.66. The van der Waals surface area contributed by atoms with E-state index in [1.165, 1.54) is 30.2 Å². The van der Waals surface area contributed by atoms with Crippen molar-refractivity contribution in [2.75, 3.05) is 118 Å². The molecule has 0 aromatic heterocycles. The maximum absolute atomic E-state index is 10.3. The number of hydrogen-bond acceptors (Lipinski definition) is 12. The van der Waals surface area contributed by atoms with E-state index in [0.717, 1.165) is 104 Å². The third-order valence-corrected chi connectivity index (χ3v) is 30.6. The highest BCUT2D eigenvalue weighted by Gasteiger charge is 2.35. The van der Waals surface area contributed by atoms with Gasteiger partial charge in [0.05, 0.1) is 39.1 Å². The molecule has 3 saturated heterocycles. The fourth-order valence-corrected chi connectivity index (χ4v) is 34.0. The summed E-state index contributed by atoms with van der Waals surface area (Å²) in [6.45, 7) is 48.3. The second-order valence-corrected chi connectivity index (χ2v) is 51.5. The summed E-state index contributed by atoms with van der Waals surface area (Å²) >= 11 is 0. The van der Waals surface area contributed by atoms with E-state index in [-0.39, 0.29) is 6.61 Å². The van der Waals surface area contributed by atoms with Crippen LogP contribution in [0.1, 0.15) is 12.8 Å². The lowest BCUT2D eigenvalue weighted by Gasteiger charge is -2.35. The average molecular weight is 958 g/mol. The van der Waals surface area contributed by atoms with E-state index in [4.69, 9.17) is 32.7 Å². The minimum absolute atomic E-state index is 0.222. The van der Waals surface area contributed by atoms with Crippen LogP contribution in [0.4, 0.5) is 0 Å². The molecule has 12 nitrogen and oxygen atoms in total. The van der Waals surface area contributed by atoms with Crippen molar-refractivity contribution >= 4 is 49.4 Å². The number of piperazine rings is 2. The maximum Gasteiger partial charge on any atom is 0.173 e. The molecular formula is C42H100N4O8Si6. The summed E-state index contributed by atoms with van der Waals surface area (Å²) in [5.41, 5.74) is 0. The maximum atomic E-state index is 10.3. The molecule has 0 aromatic carbocycles. The highest BCUT2D eigenvalue weighted by molar-refractivity contribution is 6.87. The van der Waals surface area contributed by atoms with Gasteiger partial charge in [-0.15, -0.1) is 0 Å². The molecule has 3 aliphatic rings. The molecular weight excluding hydrogens is 857 g/mol. The standard InChI is InChI=1S/C21H50N2O4Si3.C15H36O3Si3.C6H14N2O/c1-28(2,3)17-18-30(6,7)27-29(4,5)16-8-15-26-20-21(25)19-23-11-9-22(10-12-23)13-14-24;1-19(2,3)11-12-21(6,7)18-20(4,5)10-8-9-16-13-15-14-17-15;9-6-5-8-3-1-7-2-4-8/h21,24-25H,8-20H2,1-7H3;15H,8-14H2,1-7H3;7,9H,1-6H2. The van der Waals surface area contributed by atoms with Gasteiger partial charge >= 0.3 is 0 Å². The zero-order valence-corrected chi connectivity index (χ0v) is 47.8. The van der Waals surface area contributed by atoms with Gasteiger partial charge in [-0.05, 0) is 89.4 Å². The first-order chi connectivity index (χ1) is 27.7. The molecule has 2 atom stereocenters. The van der Waals surface area contributed by atoms with E-state index < -0.39 is 55.5 Å². The number of hydrogen-bond donors (Lipinski definition) is 4. The van der Waals surface area contributed by atoms with Crippen molar-refractivity contribution in [2.24, 2.45) is 0 Å². The Bertz CT molecular complexity index is 1080. The summed E-state index contributed by atoms with van der Waals surface area (Å²) in [6, 6.07) is 7.72. The molecule has 4 N–H and O–H groups in total. The summed E-state index contributed by atoms with van der Waals surface area (Å²) in [4.78, 5) is 6.82. The summed E-state index contributed by atoms with van der Waals surface area (Å²) in [5.74, 6) is 0.